The Morgan fingerprint density at radius 1 is 1.38 bits per heavy atom. The SMILES string of the molecule is CCOC(=O)C1(C#N)CN=C(C)C(C(=O)OC)C1c1ccccc1. The lowest BCUT2D eigenvalue weighted by atomic mass is 9.64. The summed E-state index contributed by atoms with van der Waals surface area (Å²) < 4.78 is 10.0. The van der Waals surface area contributed by atoms with Crippen LogP contribution in [0.4, 0.5) is 0 Å². The molecule has 0 saturated carbocycles. The minimum absolute atomic E-state index is 0.0405. The summed E-state index contributed by atoms with van der Waals surface area (Å²) in [5.41, 5.74) is -0.307. The summed E-state index contributed by atoms with van der Waals surface area (Å²) in [5, 5.41) is 9.86. The van der Waals surface area contributed by atoms with E-state index < -0.39 is 29.2 Å². The summed E-state index contributed by atoms with van der Waals surface area (Å²) in [7, 11) is 1.28. The fraction of sp³-hybridized carbons (Fsp3) is 0.444. The summed E-state index contributed by atoms with van der Waals surface area (Å²) in [6.07, 6.45) is 0. The number of rotatable bonds is 4. The molecule has 1 heterocycles. The van der Waals surface area contributed by atoms with Crippen molar-refractivity contribution in [2.75, 3.05) is 20.3 Å². The maximum absolute atomic E-state index is 12.6. The molecule has 6 heteroatoms. The summed E-state index contributed by atoms with van der Waals surface area (Å²) >= 11 is 0. The molecule has 0 radical (unpaired) electrons. The van der Waals surface area contributed by atoms with Crippen molar-refractivity contribution in [2.24, 2.45) is 16.3 Å². The molecule has 3 unspecified atom stereocenters. The molecule has 0 bridgehead atoms. The van der Waals surface area contributed by atoms with Crippen LogP contribution in [0, 0.1) is 22.7 Å². The molecule has 3 atom stereocenters. The van der Waals surface area contributed by atoms with E-state index in [1.807, 2.05) is 6.07 Å². The van der Waals surface area contributed by atoms with Crippen molar-refractivity contribution in [1.82, 2.24) is 0 Å². The van der Waals surface area contributed by atoms with E-state index in [-0.39, 0.29) is 13.2 Å². The third-order valence-electron chi connectivity index (χ3n) is 4.35. The Balaban J connectivity index is 2.67. The van der Waals surface area contributed by atoms with E-state index in [4.69, 9.17) is 9.47 Å². The maximum Gasteiger partial charge on any atom is 0.329 e. The molecule has 0 saturated heterocycles. The van der Waals surface area contributed by atoms with Gasteiger partial charge in [-0.3, -0.25) is 14.6 Å². The van der Waals surface area contributed by atoms with Crippen LogP contribution in [0.1, 0.15) is 25.3 Å². The second-order valence-electron chi connectivity index (χ2n) is 5.65. The zero-order valence-electron chi connectivity index (χ0n) is 14.0. The Morgan fingerprint density at radius 2 is 2.04 bits per heavy atom. The molecule has 1 aliphatic heterocycles. The van der Waals surface area contributed by atoms with E-state index in [1.165, 1.54) is 7.11 Å². The smallest absolute Gasteiger partial charge is 0.329 e. The van der Waals surface area contributed by atoms with Crippen molar-refractivity contribution in [2.45, 2.75) is 19.8 Å². The first-order chi connectivity index (χ1) is 11.5. The Morgan fingerprint density at radius 3 is 2.58 bits per heavy atom. The molecule has 0 aliphatic carbocycles. The van der Waals surface area contributed by atoms with Crippen LogP contribution in [0.5, 0.6) is 0 Å². The molecule has 0 fully saturated rings. The second kappa shape index (κ2) is 7.26. The van der Waals surface area contributed by atoms with Gasteiger partial charge in [0.25, 0.3) is 0 Å². The number of hydrogen-bond donors (Lipinski definition) is 0. The Labute approximate surface area is 141 Å². The van der Waals surface area contributed by atoms with Gasteiger partial charge in [-0.15, -0.1) is 0 Å². The third-order valence-corrected chi connectivity index (χ3v) is 4.35. The van der Waals surface area contributed by atoms with Gasteiger partial charge in [0.15, 0.2) is 5.41 Å². The van der Waals surface area contributed by atoms with Crippen LogP contribution in [0.25, 0.3) is 0 Å². The lowest BCUT2D eigenvalue weighted by molar-refractivity contribution is -0.155. The van der Waals surface area contributed by atoms with Crippen LogP contribution in [0.15, 0.2) is 35.3 Å². The highest BCUT2D eigenvalue weighted by Gasteiger charge is 2.56. The molecule has 0 N–H and O–H groups in total. The third kappa shape index (κ3) is 2.90. The highest BCUT2D eigenvalue weighted by molar-refractivity contribution is 6.04. The second-order valence-corrected chi connectivity index (χ2v) is 5.65. The number of methoxy groups -OCH3 is 1. The van der Waals surface area contributed by atoms with Crippen LogP contribution in [-0.2, 0) is 19.1 Å². The number of ether oxygens (including phenoxy) is 2. The summed E-state index contributed by atoms with van der Waals surface area (Å²) in [6, 6.07) is 11.1. The van der Waals surface area contributed by atoms with Crippen molar-refractivity contribution >= 4 is 17.7 Å². The summed E-state index contributed by atoms with van der Waals surface area (Å²) in [4.78, 5) is 29.3. The zero-order valence-corrected chi connectivity index (χ0v) is 14.0. The van der Waals surface area contributed by atoms with Gasteiger partial charge in [0.1, 0.15) is 5.92 Å². The van der Waals surface area contributed by atoms with Crippen molar-refractivity contribution in [3.05, 3.63) is 35.9 Å². The van der Waals surface area contributed by atoms with Crippen LogP contribution in [0.2, 0.25) is 0 Å². The molecular weight excluding hydrogens is 308 g/mol. The largest absolute Gasteiger partial charge is 0.468 e. The van der Waals surface area contributed by atoms with Crippen molar-refractivity contribution in [1.29, 1.82) is 5.26 Å². The first kappa shape index (κ1) is 17.7. The van der Waals surface area contributed by atoms with E-state index in [0.717, 1.165) is 0 Å². The average Bonchev–Trinajstić information content (AvgIpc) is 2.61. The van der Waals surface area contributed by atoms with E-state index in [0.29, 0.717) is 11.3 Å². The molecule has 126 valence electrons. The van der Waals surface area contributed by atoms with Crippen molar-refractivity contribution < 1.29 is 19.1 Å². The highest BCUT2D eigenvalue weighted by atomic mass is 16.5. The van der Waals surface area contributed by atoms with Gasteiger partial charge >= 0.3 is 11.9 Å². The van der Waals surface area contributed by atoms with Crippen molar-refractivity contribution in [3.63, 3.8) is 0 Å². The lowest BCUT2D eigenvalue weighted by Crippen LogP contribution is -2.50. The predicted molar refractivity (Wildman–Crippen MR) is 87.3 cm³/mol. The molecule has 1 aliphatic rings. The number of esters is 2. The Kier molecular flexibility index (Phi) is 5.35. The first-order valence-corrected chi connectivity index (χ1v) is 7.74. The fourth-order valence-corrected chi connectivity index (χ4v) is 3.14. The van der Waals surface area contributed by atoms with Gasteiger partial charge in [0.05, 0.1) is 26.3 Å². The number of aliphatic imine (C=N–C) groups is 1. The summed E-state index contributed by atoms with van der Waals surface area (Å²) in [6.45, 7) is 3.50. The Hall–Kier alpha value is -2.68. The number of benzene rings is 1. The fourth-order valence-electron chi connectivity index (χ4n) is 3.14. The number of carbonyl (C=O) groups excluding carboxylic acids is 2. The first-order valence-electron chi connectivity index (χ1n) is 7.74. The van der Waals surface area contributed by atoms with Gasteiger partial charge in [-0.2, -0.15) is 5.26 Å². The van der Waals surface area contributed by atoms with Crippen LogP contribution in [0.3, 0.4) is 0 Å². The molecule has 24 heavy (non-hydrogen) atoms. The molecule has 0 aromatic heterocycles. The van der Waals surface area contributed by atoms with E-state index in [2.05, 4.69) is 11.1 Å². The topological polar surface area (TPSA) is 88.8 Å². The molecular formula is C18H20N2O4. The minimum atomic E-state index is -1.56. The molecule has 1 aromatic rings. The highest BCUT2D eigenvalue weighted by Crippen LogP contribution is 2.46. The number of carbonyl (C=O) groups is 2. The average molecular weight is 328 g/mol. The maximum atomic E-state index is 12.6. The predicted octanol–water partition coefficient (Wildman–Crippen LogP) is 2.11. The van der Waals surface area contributed by atoms with Crippen LogP contribution >= 0.6 is 0 Å². The number of hydrogen-bond acceptors (Lipinski definition) is 6. The van der Waals surface area contributed by atoms with Crippen molar-refractivity contribution in [3.8, 4) is 6.07 Å². The van der Waals surface area contributed by atoms with Gasteiger partial charge in [0.2, 0.25) is 0 Å². The number of nitriles is 1. The standard InChI is InChI=1S/C18H20N2O4/c1-4-24-17(22)18(10-19)11-20-12(2)14(16(21)23-3)15(18)13-8-6-5-7-9-13/h5-9,14-15H,4,11H2,1-3H3. The zero-order chi connectivity index (χ0) is 17.7. The minimum Gasteiger partial charge on any atom is -0.468 e. The molecule has 2 rings (SSSR count). The Bertz CT molecular complexity index is 693. The van der Waals surface area contributed by atoms with E-state index in [9.17, 15) is 14.9 Å². The molecule has 0 spiro atoms. The molecule has 1 aromatic carbocycles. The van der Waals surface area contributed by atoms with Gasteiger partial charge in [-0.05, 0) is 19.4 Å². The van der Waals surface area contributed by atoms with Gasteiger partial charge in [-0.25, -0.2) is 0 Å². The van der Waals surface area contributed by atoms with Crippen LogP contribution < -0.4 is 0 Å². The quantitative estimate of drug-likeness (QED) is 0.790. The van der Waals surface area contributed by atoms with Gasteiger partial charge < -0.3 is 9.47 Å². The number of nitrogens with zero attached hydrogens (tertiary/aromatic N) is 2. The molecule has 6 nitrogen and oxygen atoms in total. The van der Waals surface area contributed by atoms with E-state index in [1.54, 1.807) is 38.1 Å². The summed E-state index contributed by atoms with van der Waals surface area (Å²) in [5.74, 6) is -2.71. The molecule has 0 amide bonds. The van der Waals surface area contributed by atoms with Crippen LogP contribution in [-0.4, -0.2) is 37.9 Å². The monoisotopic (exact) mass is 328 g/mol. The van der Waals surface area contributed by atoms with E-state index >= 15 is 0 Å². The normalized spacial score (nSPS) is 26.0. The van der Waals surface area contributed by atoms with Gasteiger partial charge in [-0.1, -0.05) is 30.3 Å². The lowest BCUT2D eigenvalue weighted by Gasteiger charge is -2.39. The van der Waals surface area contributed by atoms with Gasteiger partial charge in [0, 0.05) is 11.6 Å².